The molecule has 0 fully saturated rings. The van der Waals surface area contributed by atoms with Crippen molar-refractivity contribution in [3.05, 3.63) is 54.1 Å². The fraction of sp³-hybridized carbons (Fsp3) is 0.278. The van der Waals surface area contributed by atoms with Crippen LogP contribution in [0.5, 0.6) is 11.5 Å². The van der Waals surface area contributed by atoms with Crippen molar-refractivity contribution in [2.45, 2.75) is 26.4 Å². The van der Waals surface area contributed by atoms with Gasteiger partial charge in [0, 0.05) is 11.8 Å². The molecule has 116 valence electrons. The zero-order valence-electron chi connectivity index (χ0n) is 13.1. The van der Waals surface area contributed by atoms with Crippen molar-refractivity contribution in [1.29, 1.82) is 0 Å². The van der Waals surface area contributed by atoms with Gasteiger partial charge in [0.1, 0.15) is 11.5 Å². The second kappa shape index (κ2) is 7.50. The van der Waals surface area contributed by atoms with Crippen LogP contribution in [0, 0.1) is 0 Å². The first-order valence-corrected chi connectivity index (χ1v) is 7.33. The third-order valence-electron chi connectivity index (χ3n) is 3.35. The molecule has 0 spiro atoms. The highest BCUT2D eigenvalue weighted by atomic mass is 16.5. The number of hydrogen-bond donors (Lipinski definition) is 1. The lowest BCUT2D eigenvalue weighted by molar-refractivity contribution is -0.122. The lowest BCUT2D eigenvalue weighted by Gasteiger charge is -2.15. The topological polar surface area (TPSA) is 47.6 Å². The van der Waals surface area contributed by atoms with Crippen LogP contribution in [0.15, 0.2) is 48.5 Å². The summed E-state index contributed by atoms with van der Waals surface area (Å²) in [4.78, 5) is 12.2. The first-order valence-electron chi connectivity index (χ1n) is 7.33. The summed E-state index contributed by atoms with van der Waals surface area (Å²) in [6, 6.07) is 15.0. The predicted molar refractivity (Wildman–Crippen MR) is 87.5 cm³/mol. The highest BCUT2D eigenvalue weighted by molar-refractivity contribution is 5.94. The highest BCUT2D eigenvalue weighted by Gasteiger charge is 2.15. The second-order valence-corrected chi connectivity index (χ2v) is 4.98. The molecular formula is C18H21NO3. The number of anilines is 1. The molecular weight excluding hydrogens is 278 g/mol. The molecule has 2 rings (SSSR count). The van der Waals surface area contributed by atoms with E-state index >= 15 is 0 Å². The van der Waals surface area contributed by atoms with Gasteiger partial charge in [-0.05, 0) is 43.2 Å². The van der Waals surface area contributed by atoms with Crippen LogP contribution in [-0.4, -0.2) is 19.1 Å². The third kappa shape index (κ3) is 4.25. The second-order valence-electron chi connectivity index (χ2n) is 4.98. The number of nitrogens with one attached hydrogen (secondary N) is 1. The molecule has 0 aromatic heterocycles. The smallest absolute Gasteiger partial charge is 0.265 e. The van der Waals surface area contributed by atoms with E-state index in [-0.39, 0.29) is 5.91 Å². The fourth-order valence-corrected chi connectivity index (χ4v) is 2.00. The number of benzene rings is 2. The van der Waals surface area contributed by atoms with Gasteiger partial charge >= 0.3 is 0 Å². The third-order valence-corrected chi connectivity index (χ3v) is 3.35. The monoisotopic (exact) mass is 299 g/mol. The molecule has 0 unspecified atom stereocenters. The number of ether oxygens (including phenoxy) is 2. The summed E-state index contributed by atoms with van der Waals surface area (Å²) in [7, 11) is 1.59. The van der Waals surface area contributed by atoms with Crippen molar-refractivity contribution in [2.75, 3.05) is 12.4 Å². The molecule has 2 aromatic rings. The first kappa shape index (κ1) is 15.9. The lowest BCUT2D eigenvalue weighted by atomic mass is 10.1. The van der Waals surface area contributed by atoms with Crippen molar-refractivity contribution in [3.8, 4) is 11.5 Å². The molecule has 1 atom stereocenters. The van der Waals surface area contributed by atoms with E-state index in [9.17, 15) is 4.79 Å². The Morgan fingerprint density at radius 3 is 2.45 bits per heavy atom. The van der Waals surface area contributed by atoms with Crippen LogP contribution in [0.1, 0.15) is 19.4 Å². The summed E-state index contributed by atoms with van der Waals surface area (Å²) in [6.45, 7) is 3.81. The summed E-state index contributed by atoms with van der Waals surface area (Å²) in [5.41, 5.74) is 2.00. The van der Waals surface area contributed by atoms with Crippen LogP contribution in [0.25, 0.3) is 0 Å². The van der Waals surface area contributed by atoms with Gasteiger partial charge in [0.25, 0.3) is 5.91 Å². The highest BCUT2D eigenvalue weighted by Crippen LogP contribution is 2.20. The van der Waals surface area contributed by atoms with Crippen molar-refractivity contribution in [1.82, 2.24) is 0 Å². The number of carbonyl (C=O) groups is 1. The van der Waals surface area contributed by atoms with Gasteiger partial charge in [0.15, 0.2) is 6.10 Å². The average Bonchev–Trinajstić information content (AvgIpc) is 2.55. The maximum Gasteiger partial charge on any atom is 0.265 e. The van der Waals surface area contributed by atoms with E-state index in [1.165, 1.54) is 5.56 Å². The van der Waals surface area contributed by atoms with Crippen LogP contribution in [0.3, 0.4) is 0 Å². The van der Waals surface area contributed by atoms with E-state index in [1.54, 1.807) is 26.2 Å². The van der Waals surface area contributed by atoms with Crippen molar-refractivity contribution >= 4 is 11.6 Å². The lowest BCUT2D eigenvalue weighted by Crippen LogP contribution is -2.30. The largest absolute Gasteiger partial charge is 0.497 e. The van der Waals surface area contributed by atoms with E-state index in [0.29, 0.717) is 11.5 Å². The van der Waals surface area contributed by atoms with Gasteiger partial charge in [-0.3, -0.25) is 4.79 Å². The molecule has 0 saturated carbocycles. The summed E-state index contributed by atoms with van der Waals surface area (Å²) in [5.74, 6) is 1.11. The average molecular weight is 299 g/mol. The minimum Gasteiger partial charge on any atom is -0.497 e. The van der Waals surface area contributed by atoms with Gasteiger partial charge in [0.05, 0.1) is 7.11 Å². The van der Waals surface area contributed by atoms with E-state index in [2.05, 4.69) is 12.2 Å². The van der Waals surface area contributed by atoms with E-state index in [0.717, 1.165) is 12.1 Å². The molecule has 0 radical (unpaired) electrons. The normalized spacial score (nSPS) is 11.6. The summed E-state index contributed by atoms with van der Waals surface area (Å²) in [5, 5.41) is 2.85. The Labute approximate surface area is 131 Å². The Balaban J connectivity index is 1.96. The molecule has 4 heteroatoms. The molecule has 1 amide bonds. The molecule has 22 heavy (non-hydrogen) atoms. The summed E-state index contributed by atoms with van der Waals surface area (Å²) >= 11 is 0. The summed E-state index contributed by atoms with van der Waals surface area (Å²) < 4.78 is 10.8. The molecule has 0 aliphatic carbocycles. The molecule has 4 nitrogen and oxygen atoms in total. The van der Waals surface area contributed by atoms with Crippen LogP contribution < -0.4 is 14.8 Å². The van der Waals surface area contributed by atoms with E-state index in [4.69, 9.17) is 9.47 Å². The van der Waals surface area contributed by atoms with Gasteiger partial charge < -0.3 is 14.8 Å². The van der Waals surface area contributed by atoms with E-state index < -0.39 is 6.10 Å². The van der Waals surface area contributed by atoms with Crippen LogP contribution in [0.2, 0.25) is 0 Å². The number of carbonyl (C=O) groups excluding carboxylic acids is 1. The van der Waals surface area contributed by atoms with Crippen LogP contribution in [0.4, 0.5) is 5.69 Å². The Bertz CT molecular complexity index is 622. The van der Waals surface area contributed by atoms with Gasteiger partial charge in [0.2, 0.25) is 0 Å². The quantitative estimate of drug-likeness (QED) is 0.885. The Hall–Kier alpha value is -2.49. The van der Waals surface area contributed by atoms with Gasteiger partial charge in [-0.2, -0.15) is 0 Å². The molecule has 0 bridgehead atoms. The molecule has 2 aromatic carbocycles. The summed E-state index contributed by atoms with van der Waals surface area (Å²) in [6.07, 6.45) is 0.377. The standard InChI is InChI=1S/C18H21NO3/c1-4-14-8-10-15(11-9-14)19-18(20)13(2)22-17-7-5-6-16(12-17)21-3/h5-13H,4H2,1-3H3,(H,19,20)/t13-/m1/s1. The van der Waals surface area contributed by atoms with Gasteiger partial charge in [-0.1, -0.05) is 25.1 Å². The zero-order valence-corrected chi connectivity index (χ0v) is 13.1. The predicted octanol–water partition coefficient (Wildman–Crippen LogP) is 3.66. The maximum absolute atomic E-state index is 12.2. The molecule has 0 aliphatic rings. The number of amides is 1. The molecule has 1 N–H and O–H groups in total. The minimum atomic E-state index is -0.599. The Morgan fingerprint density at radius 2 is 1.82 bits per heavy atom. The zero-order chi connectivity index (χ0) is 15.9. The van der Waals surface area contributed by atoms with Gasteiger partial charge in [-0.25, -0.2) is 0 Å². The SMILES string of the molecule is CCc1ccc(NC(=O)[C@@H](C)Oc2cccc(OC)c2)cc1. The fourth-order valence-electron chi connectivity index (χ4n) is 2.00. The molecule has 0 saturated heterocycles. The maximum atomic E-state index is 12.2. The number of hydrogen-bond acceptors (Lipinski definition) is 3. The van der Waals surface area contributed by atoms with Crippen molar-refractivity contribution in [2.24, 2.45) is 0 Å². The first-order chi connectivity index (χ1) is 10.6. The molecule has 0 heterocycles. The van der Waals surface area contributed by atoms with Gasteiger partial charge in [-0.15, -0.1) is 0 Å². The molecule has 0 aliphatic heterocycles. The van der Waals surface area contributed by atoms with Crippen molar-refractivity contribution < 1.29 is 14.3 Å². The number of methoxy groups -OCH3 is 1. The Morgan fingerprint density at radius 1 is 1.14 bits per heavy atom. The minimum absolute atomic E-state index is 0.188. The number of aryl methyl sites for hydroxylation is 1. The van der Waals surface area contributed by atoms with Crippen LogP contribution in [-0.2, 0) is 11.2 Å². The van der Waals surface area contributed by atoms with E-state index in [1.807, 2.05) is 36.4 Å². The van der Waals surface area contributed by atoms with Crippen LogP contribution >= 0.6 is 0 Å². The van der Waals surface area contributed by atoms with Crippen molar-refractivity contribution in [3.63, 3.8) is 0 Å². The number of rotatable bonds is 6. The Kier molecular flexibility index (Phi) is 5.42.